The lowest BCUT2D eigenvalue weighted by Gasteiger charge is -1.99. The molecule has 0 N–H and O–H groups in total. The highest BCUT2D eigenvalue weighted by atomic mass is 35.5. The van der Waals surface area contributed by atoms with Crippen LogP contribution < -0.4 is 0 Å². The molecule has 0 radical (unpaired) electrons. The zero-order valence-electron chi connectivity index (χ0n) is 5.96. The van der Waals surface area contributed by atoms with Crippen LogP contribution >= 0.6 is 23.2 Å². The topological polar surface area (TPSA) is 25.8 Å². The second-order valence-corrected chi connectivity index (χ2v) is 3.11. The summed E-state index contributed by atoms with van der Waals surface area (Å²) >= 11 is 11.7. The van der Waals surface area contributed by atoms with Crippen LogP contribution in [-0.4, -0.2) is 9.97 Å². The first-order valence-electron chi connectivity index (χ1n) is 3.33. The molecule has 4 heteroatoms. The van der Waals surface area contributed by atoms with E-state index in [1.54, 1.807) is 12.3 Å². The molecule has 0 fully saturated rings. The minimum absolute atomic E-state index is 0.483. The number of hydrogen-bond acceptors (Lipinski definition) is 2. The molecule has 60 valence electrons. The molecule has 12 heavy (non-hydrogen) atoms. The summed E-state index contributed by atoms with van der Waals surface area (Å²) in [6, 6.07) is 3.57. The van der Waals surface area contributed by atoms with E-state index in [0.717, 1.165) is 5.39 Å². The zero-order chi connectivity index (χ0) is 8.55. The Labute approximate surface area is 79.2 Å². The molecule has 2 aromatic rings. The van der Waals surface area contributed by atoms with E-state index in [0.29, 0.717) is 15.6 Å². The molecule has 1 aromatic carbocycles. The fourth-order valence-electron chi connectivity index (χ4n) is 0.995. The number of nitrogens with zero attached hydrogens (tertiary/aromatic N) is 2. The van der Waals surface area contributed by atoms with Crippen molar-refractivity contribution in [1.29, 1.82) is 0 Å². The lowest BCUT2D eigenvalue weighted by Crippen LogP contribution is -1.81. The van der Waals surface area contributed by atoms with E-state index in [1.165, 1.54) is 6.33 Å². The van der Waals surface area contributed by atoms with Crippen LogP contribution in [-0.2, 0) is 0 Å². The van der Waals surface area contributed by atoms with Crippen molar-refractivity contribution in [2.45, 2.75) is 0 Å². The summed E-state index contributed by atoms with van der Waals surface area (Å²) in [4.78, 5) is 7.88. The van der Waals surface area contributed by atoms with E-state index in [4.69, 9.17) is 23.2 Å². The minimum atomic E-state index is 0.483. The summed E-state index contributed by atoms with van der Waals surface area (Å²) in [5.74, 6) is 0. The summed E-state index contributed by atoms with van der Waals surface area (Å²) in [5.41, 5.74) is 0.694. The molecule has 1 aromatic heterocycles. The lowest BCUT2D eigenvalue weighted by atomic mass is 10.2. The van der Waals surface area contributed by atoms with Gasteiger partial charge in [-0.3, -0.25) is 0 Å². The first kappa shape index (κ1) is 7.77. The van der Waals surface area contributed by atoms with Crippen molar-refractivity contribution in [2.24, 2.45) is 0 Å². The van der Waals surface area contributed by atoms with Crippen molar-refractivity contribution < 1.29 is 0 Å². The number of hydrogen-bond donors (Lipinski definition) is 0. The summed E-state index contributed by atoms with van der Waals surface area (Å²) < 4.78 is 0. The van der Waals surface area contributed by atoms with Gasteiger partial charge in [0.05, 0.1) is 15.6 Å². The van der Waals surface area contributed by atoms with E-state index < -0.39 is 0 Å². The summed E-state index contributed by atoms with van der Waals surface area (Å²) in [6.45, 7) is 0. The average molecular weight is 199 g/mol. The van der Waals surface area contributed by atoms with Gasteiger partial charge in [-0.05, 0) is 12.1 Å². The molecular formula is C8H4Cl2N2. The molecule has 0 saturated carbocycles. The maximum atomic E-state index is 5.90. The number of fused-ring (bicyclic) bond motifs is 1. The minimum Gasteiger partial charge on any atom is -0.244 e. The van der Waals surface area contributed by atoms with Gasteiger partial charge < -0.3 is 0 Å². The second-order valence-electron chi connectivity index (χ2n) is 2.32. The Morgan fingerprint density at radius 3 is 2.83 bits per heavy atom. The van der Waals surface area contributed by atoms with Crippen molar-refractivity contribution in [1.82, 2.24) is 9.97 Å². The van der Waals surface area contributed by atoms with Crippen molar-refractivity contribution in [3.8, 4) is 0 Å². The molecule has 0 saturated heterocycles. The first-order chi connectivity index (χ1) is 5.79. The van der Waals surface area contributed by atoms with Gasteiger partial charge in [0.2, 0.25) is 0 Å². The molecule has 0 atom stereocenters. The van der Waals surface area contributed by atoms with Crippen LogP contribution in [0.1, 0.15) is 0 Å². The molecule has 0 aliphatic carbocycles. The van der Waals surface area contributed by atoms with Crippen LogP contribution in [0.15, 0.2) is 24.7 Å². The second kappa shape index (κ2) is 2.88. The standard InChI is InChI=1S/C8H4Cl2N2/c9-6-2-1-5-3-11-4-12-8(5)7(6)10/h1-4H. The summed E-state index contributed by atoms with van der Waals surface area (Å²) in [6.07, 6.45) is 3.15. The molecule has 0 unspecified atom stereocenters. The van der Waals surface area contributed by atoms with Crippen LogP contribution in [0, 0.1) is 0 Å². The van der Waals surface area contributed by atoms with Crippen LogP contribution in [0.3, 0.4) is 0 Å². The Balaban J connectivity index is 2.91. The quantitative estimate of drug-likeness (QED) is 0.651. The van der Waals surface area contributed by atoms with Crippen molar-refractivity contribution in [3.63, 3.8) is 0 Å². The lowest BCUT2D eigenvalue weighted by molar-refractivity contribution is 1.22. The Kier molecular flexibility index (Phi) is 1.87. The molecule has 0 bridgehead atoms. The third-order valence-corrected chi connectivity index (χ3v) is 2.36. The average Bonchev–Trinajstić information content (AvgIpc) is 2.12. The Morgan fingerprint density at radius 1 is 1.17 bits per heavy atom. The molecule has 2 nitrogen and oxygen atoms in total. The molecule has 0 amide bonds. The van der Waals surface area contributed by atoms with Gasteiger partial charge in [-0.1, -0.05) is 23.2 Å². The maximum absolute atomic E-state index is 5.90. The molecule has 0 aliphatic rings. The van der Waals surface area contributed by atoms with Gasteiger partial charge in [0.15, 0.2) is 0 Å². The van der Waals surface area contributed by atoms with Crippen molar-refractivity contribution >= 4 is 34.1 Å². The van der Waals surface area contributed by atoms with E-state index in [-0.39, 0.29) is 0 Å². The number of halogens is 2. The van der Waals surface area contributed by atoms with Crippen LogP contribution in [0.2, 0.25) is 10.0 Å². The highest BCUT2D eigenvalue weighted by molar-refractivity contribution is 6.44. The van der Waals surface area contributed by atoms with Gasteiger partial charge in [-0.2, -0.15) is 0 Å². The Hall–Kier alpha value is -0.860. The van der Waals surface area contributed by atoms with Crippen LogP contribution in [0.25, 0.3) is 10.9 Å². The van der Waals surface area contributed by atoms with Crippen molar-refractivity contribution in [2.75, 3.05) is 0 Å². The van der Waals surface area contributed by atoms with E-state index >= 15 is 0 Å². The van der Waals surface area contributed by atoms with Crippen LogP contribution in [0.5, 0.6) is 0 Å². The molecule has 0 aliphatic heterocycles. The SMILES string of the molecule is Clc1ccc2cncnc2c1Cl. The third-order valence-electron chi connectivity index (χ3n) is 1.57. The molecule has 2 rings (SSSR count). The fourth-order valence-corrected chi connectivity index (χ4v) is 1.37. The number of rotatable bonds is 0. The van der Waals surface area contributed by atoms with E-state index in [9.17, 15) is 0 Å². The Bertz CT molecular complexity index is 428. The van der Waals surface area contributed by atoms with Crippen LogP contribution in [0.4, 0.5) is 0 Å². The summed E-state index contributed by atoms with van der Waals surface area (Å²) in [7, 11) is 0. The predicted octanol–water partition coefficient (Wildman–Crippen LogP) is 2.94. The number of aromatic nitrogens is 2. The predicted molar refractivity (Wildman–Crippen MR) is 49.6 cm³/mol. The smallest absolute Gasteiger partial charge is 0.116 e. The Morgan fingerprint density at radius 2 is 2.00 bits per heavy atom. The van der Waals surface area contributed by atoms with Gasteiger partial charge >= 0.3 is 0 Å². The molecule has 0 spiro atoms. The summed E-state index contributed by atoms with van der Waals surface area (Å²) in [5, 5.41) is 1.89. The van der Waals surface area contributed by atoms with Gasteiger partial charge in [-0.15, -0.1) is 0 Å². The number of benzene rings is 1. The fraction of sp³-hybridized carbons (Fsp3) is 0. The highest BCUT2D eigenvalue weighted by Gasteiger charge is 2.03. The first-order valence-corrected chi connectivity index (χ1v) is 4.08. The van der Waals surface area contributed by atoms with Gasteiger partial charge in [0.1, 0.15) is 6.33 Å². The highest BCUT2D eigenvalue weighted by Crippen LogP contribution is 2.28. The van der Waals surface area contributed by atoms with E-state index in [1.807, 2.05) is 6.07 Å². The largest absolute Gasteiger partial charge is 0.244 e. The van der Waals surface area contributed by atoms with E-state index in [2.05, 4.69) is 9.97 Å². The van der Waals surface area contributed by atoms with Gasteiger partial charge in [-0.25, -0.2) is 9.97 Å². The normalized spacial score (nSPS) is 10.5. The molecule has 1 heterocycles. The van der Waals surface area contributed by atoms with Gasteiger partial charge in [0.25, 0.3) is 0 Å². The maximum Gasteiger partial charge on any atom is 0.116 e. The monoisotopic (exact) mass is 198 g/mol. The van der Waals surface area contributed by atoms with Crippen molar-refractivity contribution in [3.05, 3.63) is 34.7 Å². The zero-order valence-corrected chi connectivity index (χ0v) is 7.47. The third kappa shape index (κ3) is 1.13. The van der Waals surface area contributed by atoms with Gasteiger partial charge in [0, 0.05) is 11.6 Å². The molecular weight excluding hydrogens is 195 g/mol.